The summed E-state index contributed by atoms with van der Waals surface area (Å²) >= 11 is 0. The van der Waals surface area contributed by atoms with Gasteiger partial charge in [0.1, 0.15) is 6.54 Å². The molecule has 0 spiro atoms. The molecule has 1 aliphatic rings. The number of carbonyl (C=O) groups is 1. The molecular formula is C12H15FN2O4S. The number of ether oxygens (including phenoxy) is 1. The molecule has 2 rings (SSSR count). The van der Waals surface area contributed by atoms with Crippen LogP contribution in [0.15, 0.2) is 23.4 Å². The van der Waals surface area contributed by atoms with Crippen LogP contribution in [-0.4, -0.2) is 42.9 Å². The lowest BCUT2D eigenvalue weighted by Gasteiger charge is -2.20. The zero-order valence-electron chi connectivity index (χ0n) is 11.0. The largest absolute Gasteiger partial charge is 0.465 e. The maximum atomic E-state index is 13.6. The third kappa shape index (κ3) is 3.13. The number of esters is 1. The van der Waals surface area contributed by atoms with Crippen LogP contribution < -0.4 is 0 Å². The maximum absolute atomic E-state index is 13.6. The second-order valence-electron chi connectivity index (χ2n) is 4.38. The minimum absolute atomic E-state index is 0.162. The van der Waals surface area contributed by atoms with E-state index in [1.807, 2.05) is 0 Å². The van der Waals surface area contributed by atoms with Crippen LogP contribution in [-0.2, 0) is 19.6 Å². The normalized spacial score (nSPS) is 15.3. The fraction of sp³-hybridized carbons (Fsp3) is 0.500. The van der Waals surface area contributed by atoms with E-state index < -0.39 is 33.4 Å². The number of rotatable bonds is 6. The Morgan fingerprint density at radius 3 is 2.80 bits per heavy atom. The van der Waals surface area contributed by atoms with E-state index in [1.54, 1.807) is 6.92 Å². The number of halogens is 1. The van der Waals surface area contributed by atoms with Gasteiger partial charge >= 0.3 is 5.97 Å². The third-order valence-corrected chi connectivity index (χ3v) is 4.66. The Kier molecular flexibility index (Phi) is 4.34. The van der Waals surface area contributed by atoms with Crippen molar-refractivity contribution in [1.82, 2.24) is 9.29 Å². The van der Waals surface area contributed by atoms with E-state index in [9.17, 15) is 17.6 Å². The predicted octanol–water partition coefficient (Wildman–Crippen LogP) is 0.937. The second kappa shape index (κ2) is 5.84. The average Bonchev–Trinajstić information content (AvgIpc) is 3.20. The quantitative estimate of drug-likeness (QED) is 0.731. The molecule has 0 amide bonds. The van der Waals surface area contributed by atoms with Crippen molar-refractivity contribution in [2.45, 2.75) is 30.8 Å². The lowest BCUT2D eigenvalue weighted by atomic mass is 10.5. The molecule has 0 radical (unpaired) electrons. The highest BCUT2D eigenvalue weighted by Crippen LogP contribution is 2.31. The summed E-state index contributed by atoms with van der Waals surface area (Å²) in [6.45, 7) is 1.37. The minimum Gasteiger partial charge on any atom is -0.465 e. The molecule has 8 heteroatoms. The lowest BCUT2D eigenvalue weighted by molar-refractivity contribution is -0.143. The molecule has 6 nitrogen and oxygen atoms in total. The van der Waals surface area contributed by atoms with Gasteiger partial charge in [0.25, 0.3) is 10.0 Å². The van der Waals surface area contributed by atoms with E-state index in [2.05, 4.69) is 4.98 Å². The maximum Gasteiger partial charge on any atom is 0.321 e. The highest BCUT2D eigenvalue weighted by Gasteiger charge is 2.41. The van der Waals surface area contributed by atoms with Gasteiger partial charge in [-0.3, -0.25) is 4.79 Å². The first kappa shape index (κ1) is 14.9. The minimum atomic E-state index is -4.14. The molecule has 1 aliphatic carbocycles. The van der Waals surface area contributed by atoms with E-state index in [1.165, 1.54) is 12.3 Å². The zero-order valence-corrected chi connectivity index (χ0v) is 11.8. The summed E-state index contributed by atoms with van der Waals surface area (Å²) in [5, 5.41) is -0.656. The molecule has 1 heterocycles. The number of sulfonamides is 1. The molecule has 110 valence electrons. The Morgan fingerprint density at radius 2 is 2.25 bits per heavy atom. The molecule has 0 unspecified atom stereocenters. The molecule has 0 aromatic carbocycles. The van der Waals surface area contributed by atoms with E-state index >= 15 is 0 Å². The van der Waals surface area contributed by atoms with Crippen LogP contribution >= 0.6 is 0 Å². The summed E-state index contributed by atoms with van der Waals surface area (Å²) < 4.78 is 44.1. The summed E-state index contributed by atoms with van der Waals surface area (Å²) in [6.07, 6.45) is 2.49. The molecule has 1 aromatic rings. The summed E-state index contributed by atoms with van der Waals surface area (Å²) in [7, 11) is -4.14. The van der Waals surface area contributed by atoms with Crippen LogP contribution in [0.25, 0.3) is 0 Å². The van der Waals surface area contributed by atoms with Crippen molar-refractivity contribution in [3.63, 3.8) is 0 Å². The van der Waals surface area contributed by atoms with Gasteiger partial charge in [0, 0.05) is 12.2 Å². The SMILES string of the molecule is CCOC(=O)CN(C1CC1)S(=O)(=O)c1ncccc1F. The topological polar surface area (TPSA) is 76.6 Å². The van der Waals surface area contributed by atoms with Crippen molar-refractivity contribution in [1.29, 1.82) is 0 Å². The highest BCUT2D eigenvalue weighted by atomic mass is 32.2. The molecule has 0 bridgehead atoms. The second-order valence-corrected chi connectivity index (χ2v) is 6.18. The Labute approximate surface area is 116 Å². The fourth-order valence-corrected chi connectivity index (χ4v) is 3.39. The molecule has 1 aromatic heterocycles. The van der Waals surface area contributed by atoms with E-state index in [0.717, 1.165) is 10.4 Å². The van der Waals surface area contributed by atoms with Crippen molar-refractivity contribution in [3.8, 4) is 0 Å². The molecule has 0 atom stereocenters. The smallest absolute Gasteiger partial charge is 0.321 e. The van der Waals surface area contributed by atoms with Crippen LogP contribution in [0.5, 0.6) is 0 Å². The number of hydrogen-bond donors (Lipinski definition) is 0. The van der Waals surface area contributed by atoms with E-state index in [0.29, 0.717) is 12.8 Å². The van der Waals surface area contributed by atoms with Crippen molar-refractivity contribution < 1.29 is 22.3 Å². The summed E-state index contributed by atoms with van der Waals surface area (Å²) in [5.74, 6) is -1.58. The van der Waals surface area contributed by atoms with Gasteiger partial charge in [-0.2, -0.15) is 4.31 Å². The van der Waals surface area contributed by atoms with Crippen LogP contribution in [0, 0.1) is 5.82 Å². The molecular weight excluding hydrogens is 287 g/mol. The standard InChI is InChI=1S/C12H15FN2O4S/c1-2-19-11(16)8-15(9-5-6-9)20(17,18)12-10(13)4-3-7-14-12/h3-4,7,9H,2,5-6,8H2,1H3. The van der Waals surface area contributed by atoms with Crippen LogP contribution in [0.1, 0.15) is 19.8 Å². The Balaban J connectivity index is 2.29. The van der Waals surface area contributed by atoms with E-state index in [4.69, 9.17) is 4.74 Å². The number of carbonyl (C=O) groups excluding carboxylic acids is 1. The molecule has 1 saturated carbocycles. The number of nitrogens with zero attached hydrogens (tertiary/aromatic N) is 2. The van der Waals surface area contributed by atoms with Crippen molar-refractivity contribution >= 4 is 16.0 Å². The molecule has 0 aliphatic heterocycles. The van der Waals surface area contributed by atoms with Gasteiger partial charge in [-0.25, -0.2) is 17.8 Å². The van der Waals surface area contributed by atoms with E-state index in [-0.39, 0.29) is 12.6 Å². The number of pyridine rings is 1. The lowest BCUT2D eigenvalue weighted by Crippen LogP contribution is -2.39. The van der Waals surface area contributed by atoms with Crippen molar-refractivity contribution in [2.75, 3.05) is 13.2 Å². The van der Waals surface area contributed by atoms with Gasteiger partial charge in [0.15, 0.2) is 5.82 Å². The Bertz CT molecular complexity index is 601. The van der Waals surface area contributed by atoms with Gasteiger partial charge in [-0.15, -0.1) is 0 Å². The number of aromatic nitrogens is 1. The van der Waals surface area contributed by atoms with Crippen molar-refractivity contribution in [3.05, 3.63) is 24.1 Å². The predicted molar refractivity (Wildman–Crippen MR) is 67.7 cm³/mol. The average molecular weight is 302 g/mol. The summed E-state index contributed by atoms with van der Waals surface area (Å²) in [5.41, 5.74) is 0. The van der Waals surface area contributed by atoms with Gasteiger partial charge < -0.3 is 4.74 Å². The first-order valence-electron chi connectivity index (χ1n) is 6.24. The summed E-state index contributed by atoms with van der Waals surface area (Å²) in [6, 6.07) is 2.04. The van der Waals surface area contributed by atoms with Crippen LogP contribution in [0.4, 0.5) is 4.39 Å². The molecule has 20 heavy (non-hydrogen) atoms. The summed E-state index contributed by atoms with van der Waals surface area (Å²) in [4.78, 5) is 15.1. The first-order valence-corrected chi connectivity index (χ1v) is 7.68. The van der Waals surface area contributed by atoms with Gasteiger partial charge in [-0.05, 0) is 31.9 Å². The third-order valence-electron chi connectivity index (χ3n) is 2.82. The van der Waals surface area contributed by atoms with Gasteiger partial charge in [-0.1, -0.05) is 0 Å². The van der Waals surface area contributed by atoms with Gasteiger partial charge in [0.2, 0.25) is 5.03 Å². The van der Waals surface area contributed by atoms with Gasteiger partial charge in [0.05, 0.1) is 6.61 Å². The Hall–Kier alpha value is -1.54. The van der Waals surface area contributed by atoms with Crippen molar-refractivity contribution in [2.24, 2.45) is 0 Å². The highest BCUT2D eigenvalue weighted by molar-refractivity contribution is 7.89. The zero-order chi connectivity index (χ0) is 14.8. The Morgan fingerprint density at radius 1 is 1.55 bits per heavy atom. The molecule has 0 saturated heterocycles. The molecule has 1 fully saturated rings. The fourth-order valence-electron chi connectivity index (χ4n) is 1.78. The number of hydrogen-bond acceptors (Lipinski definition) is 5. The monoisotopic (exact) mass is 302 g/mol. The molecule has 0 N–H and O–H groups in total. The van der Waals surface area contributed by atoms with Crippen LogP contribution in [0.3, 0.4) is 0 Å². The first-order chi connectivity index (χ1) is 9.46. The van der Waals surface area contributed by atoms with Crippen LogP contribution in [0.2, 0.25) is 0 Å².